The van der Waals surface area contributed by atoms with Crippen LogP contribution in [0.25, 0.3) is 10.9 Å². The van der Waals surface area contributed by atoms with Gasteiger partial charge in [0.1, 0.15) is 0 Å². The van der Waals surface area contributed by atoms with Gasteiger partial charge in [-0.1, -0.05) is 31.5 Å². The Hall–Kier alpha value is -2.02. The Morgan fingerprint density at radius 1 is 0.931 bits per heavy atom. The molecule has 5 nitrogen and oxygen atoms in total. The van der Waals surface area contributed by atoms with Crippen LogP contribution in [0.4, 0.5) is 5.69 Å². The van der Waals surface area contributed by atoms with Gasteiger partial charge in [-0.25, -0.2) is 12.4 Å². The summed E-state index contributed by atoms with van der Waals surface area (Å²) >= 11 is 0. The Kier molecular flexibility index (Phi) is 6.56. The minimum absolute atomic E-state index is 0. The van der Waals surface area contributed by atoms with E-state index in [1.54, 1.807) is 18.3 Å². The average molecular weight is 434 g/mol. The molecule has 0 amide bonds. The lowest BCUT2D eigenvalue weighted by molar-refractivity contribution is 0.313. The van der Waals surface area contributed by atoms with Crippen molar-refractivity contribution in [1.82, 2.24) is 8.87 Å². The largest absolute Gasteiger partial charge is 0.368 e. The van der Waals surface area contributed by atoms with Gasteiger partial charge in [0.15, 0.2) is 0 Å². The molecule has 7 heteroatoms. The molecule has 0 unspecified atom stereocenters. The van der Waals surface area contributed by atoms with Gasteiger partial charge in [-0.15, -0.1) is 12.4 Å². The Morgan fingerprint density at radius 3 is 2.28 bits per heavy atom. The second-order valence-corrected chi connectivity index (χ2v) is 9.33. The van der Waals surface area contributed by atoms with Gasteiger partial charge >= 0.3 is 0 Å². The number of aromatic nitrogens is 1. The van der Waals surface area contributed by atoms with Crippen LogP contribution in [0.3, 0.4) is 0 Å². The van der Waals surface area contributed by atoms with Crippen molar-refractivity contribution in [2.24, 2.45) is 0 Å². The highest BCUT2D eigenvalue weighted by molar-refractivity contribution is 7.90. The van der Waals surface area contributed by atoms with Gasteiger partial charge in [0.25, 0.3) is 10.0 Å². The van der Waals surface area contributed by atoms with Crippen LogP contribution in [0.5, 0.6) is 0 Å². The van der Waals surface area contributed by atoms with Gasteiger partial charge in [-0.05, 0) is 49.4 Å². The van der Waals surface area contributed by atoms with E-state index in [1.165, 1.54) is 3.97 Å². The molecule has 3 aromatic rings. The van der Waals surface area contributed by atoms with Crippen LogP contribution in [0.15, 0.2) is 59.6 Å². The molecule has 0 radical (unpaired) electrons. The summed E-state index contributed by atoms with van der Waals surface area (Å²) < 4.78 is 27.9. The molecular weight excluding hydrogens is 406 g/mol. The van der Waals surface area contributed by atoms with E-state index in [9.17, 15) is 8.42 Å². The molecule has 156 valence electrons. The Balaban J connectivity index is 0.00000240. The standard InChI is InChI=1S/C22H27N3O2S.ClH/c1-3-5-18-8-10-19(11-9-18)28(26,27)25-13-12-20-21(6-4-7-22(20)25)24-16-14-23(2)15-17-24;/h4,6-13H,3,5,14-17H2,1-2H3;1H. The average Bonchev–Trinajstić information content (AvgIpc) is 3.14. The van der Waals surface area contributed by atoms with Crippen molar-refractivity contribution in [3.05, 3.63) is 60.3 Å². The Labute approximate surface area is 179 Å². The molecule has 1 saturated heterocycles. The van der Waals surface area contributed by atoms with Gasteiger partial charge in [0, 0.05) is 43.4 Å². The lowest BCUT2D eigenvalue weighted by Crippen LogP contribution is -2.44. The summed E-state index contributed by atoms with van der Waals surface area (Å²) in [6.45, 7) is 6.05. The quantitative estimate of drug-likeness (QED) is 0.610. The fourth-order valence-electron chi connectivity index (χ4n) is 3.89. The molecule has 0 spiro atoms. The highest BCUT2D eigenvalue weighted by Crippen LogP contribution is 2.30. The smallest absolute Gasteiger partial charge is 0.268 e. The number of fused-ring (bicyclic) bond motifs is 1. The van der Waals surface area contributed by atoms with Crippen molar-refractivity contribution in [3.63, 3.8) is 0 Å². The molecule has 0 N–H and O–H groups in total. The first kappa shape index (κ1) is 21.7. The lowest BCUT2D eigenvalue weighted by Gasteiger charge is -2.34. The lowest BCUT2D eigenvalue weighted by atomic mass is 10.1. The third-order valence-corrected chi connectivity index (χ3v) is 7.24. The minimum atomic E-state index is -3.62. The summed E-state index contributed by atoms with van der Waals surface area (Å²) in [4.78, 5) is 4.99. The molecule has 1 aromatic heterocycles. The minimum Gasteiger partial charge on any atom is -0.368 e. The molecule has 0 aliphatic carbocycles. The maximum absolute atomic E-state index is 13.3. The monoisotopic (exact) mass is 433 g/mol. The number of piperazine rings is 1. The number of rotatable bonds is 5. The van der Waals surface area contributed by atoms with E-state index in [2.05, 4.69) is 29.8 Å². The molecule has 4 rings (SSSR count). The highest BCUT2D eigenvalue weighted by Gasteiger charge is 2.22. The molecule has 1 aliphatic rings. The fourth-order valence-corrected chi connectivity index (χ4v) is 5.24. The van der Waals surface area contributed by atoms with Gasteiger partial charge in [-0.2, -0.15) is 0 Å². The second kappa shape index (κ2) is 8.78. The maximum Gasteiger partial charge on any atom is 0.268 e. The Morgan fingerprint density at radius 2 is 1.62 bits per heavy atom. The van der Waals surface area contributed by atoms with Crippen LogP contribution in [-0.2, 0) is 16.4 Å². The van der Waals surface area contributed by atoms with E-state index in [0.717, 1.165) is 61.2 Å². The molecule has 0 bridgehead atoms. The van der Waals surface area contributed by atoms with E-state index in [1.807, 2.05) is 30.3 Å². The third-order valence-electron chi connectivity index (χ3n) is 5.54. The fraction of sp³-hybridized carbons (Fsp3) is 0.364. The Bertz CT molecular complexity index is 1070. The third kappa shape index (κ3) is 4.15. The van der Waals surface area contributed by atoms with Crippen molar-refractivity contribution in [2.75, 3.05) is 38.1 Å². The van der Waals surface area contributed by atoms with Crippen molar-refractivity contribution in [2.45, 2.75) is 24.7 Å². The van der Waals surface area contributed by atoms with Crippen LogP contribution in [0, 0.1) is 0 Å². The number of halogens is 1. The van der Waals surface area contributed by atoms with Crippen molar-refractivity contribution in [3.8, 4) is 0 Å². The van der Waals surface area contributed by atoms with Crippen molar-refractivity contribution in [1.29, 1.82) is 0 Å². The van der Waals surface area contributed by atoms with E-state index < -0.39 is 10.0 Å². The van der Waals surface area contributed by atoms with Crippen molar-refractivity contribution < 1.29 is 8.42 Å². The predicted octanol–water partition coefficient (Wildman–Crippen LogP) is 4.00. The number of hydrogen-bond donors (Lipinski definition) is 0. The zero-order chi connectivity index (χ0) is 19.7. The first-order valence-electron chi connectivity index (χ1n) is 9.89. The number of aryl methyl sites for hydroxylation is 1. The summed E-state index contributed by atoms with van der Waals surface area (Å²) in [6, 6.07) is 15.1. The molecule has 0 saturated carbocycles. The van der Waals surface area contributed by atoms with E-state index in [4.69, 9.17) is 0 Å². The molecule has 0 atom stereocenters. The second-order valence-electron chi connectivity index (χ2n) is 7.51. The highest BCUT2D eigenvalue weighted by atomic mass is 35.5. The number of hydrogen-bond acceptors (Lipinski definition) is 4. The van der Waals surface area contributed by atoms with Crippen LogP contribution >= 0.6 is 12.4 Å². The first-order valence-corrected chi connectivity index (χ1v) is 11.3. The topological polar surface area (TPSA) is 45.6 Å². The first-order chi connectivity index (χ1) is 13.5. The predicted molar refractivity (Wildman–Crippen MR) is 122 cm³/mol. The van der Waals surface area contributed by atoms with Crippen LogP contribution in [0.2, 0.25) is 0 Å². The van der Waals surface area contributed by atoms with Gasteiger partial charge in [0.05, 0.1) is 10.4 Å². The molecule has 2 aromatic carbocycles. The van der Waals surface area contributed by atoms with E-state index >= 15 is 0 Å². The van der Waals surface area contributed by atoms with Crippen LogP contribution in [-0.4, -0.2) is 50.5 Å². The summed E-state index contributed by atoms with van der Waals surface area (Å²) in [5.74, 6) is 0. The molecule has 1 aliphatic heterocycles. The van der Waals surface area contributed by atoms with Crippen LogP contribution < -0.4 is 4.90 Å². The normalized spacial score (nSPS) is 15.4. The zero-order valence-corrected chi connectivity index (χ0v) is 18.5. The maximum atomic E-state index is 13.3. The van der Waals surface area contributed by atoms with Gasteiger partial charge < -0.3 is 9.80 Å². The molecule has 2 heterocycles. The number of likely N-dealkylation sites (N-methyl/N-ethyl adjacent to an activating group) is 1. The zero-order valence-electron chi connectivity index (χ0n) is 16.9. The number of anilines is 1. The van der Waals surface area contributed by atoms with Crippen LogP contribution in [0.1, 0.15) is 18.9 Å². The van der Waals surface area contributed by atoms with E-state index in [-0.39, 0.29) is 12.4 Å². The number of nitrogens with zero attached hydrogens (tertiary/aromatic N) is 3. The summed E-state index contributed by atoms with van der Waals surface area (Å²) in [5, 5.41) is 0.984. The summed E-state index contributed by atoms with van der Waals surface area (Å²) in [7, 11) is -1.49. The van der Waals surface area contributed by atoms with Crippen molar-refractivity contribution >= 4 is 39.0 Å². The van der Waals surface area contributed by atoms with Gasteiger partial charge in [0.2, 0.25) is 0 Å². The number of benzene rings is 2. The SMILES string of the molecule is CCCc1ccc(S(=O)(=O)n2ccc3c(N4CCN(C)CC4)cccc32)cc1.Cl. The molecule has 29 heavy (non-hydrogen) atoms. The summed E-state index contributed by atoms with van der Waals surface area (Å²) in [5.41, 5.74) is 3.00. The van der Waals surface area contributed by atoms with E-state index in [0.29, 0.717) is 4.90 Å². The van der Waals surface area contributed by atoms with Gasteiger partial charge in [-0.3, -0.25) is 0 Å². The molecule has 1 fully saturated rings. The molecular formula is C22H28ClN3O2S. The summed E-state index contributed by atoms with van der Waals surface area (Å²) in [6.07, 6.45) is 3.68.